The van der Waals surface area contributed by atoms with Crippen molar-refractivity contribution in [3.63, 3.8) is 0 Å². The molecule has 0 radical (unpaired) electrons. The Bertz CT molecular complexity index is 1540. The molecule has 1 aliphatic rings. The van der Waals surface area contributed by atoms with Gasteiger partial charge in [-0.3, -0.25) is 4.79 Å². The van der Waals surface area contributed by atoms with Crippen molar-refractivity contribution < 1.29 is 26.4 Å². The van der Waals surface area contributed by atoms with Crippen molar-refractivity contribution in [1.82, 2.24) is 8.87 Å². The summed E-state index contributed by atoms with van der Waals surface area (Å²) in [5, 5.41) is 0. The summed E-state index contributed by atoms with van der Waals surface area (Å²) in [6, 6.07) is 10.4. The molecule has 9 nitrogen and oxygen atoms in total. The molecular weight excluding hydrogens is 510 g/mol. The first-order valence-electron chi connectivity index (χ1n) is 11.0. The number of amides is 1. The number of aryl methyl sites for hydroxylation is 1. The smallest absolute Gasteiger partial charge is 0.266 e. The van der Waals surface area contributed by atoms with Crippen LogP contribution < -0.4 is 4.80 Å². The van der Waals surface area contributed by atoms with Crippen LogP contribution in [0.2, 0.25) is 0 Å². The van der Waals surface area contributed by atoms with Crippen molar-refractivity contribution in [1.29, 1.82) is 0 Å². The quantitative estimate of drug-likeness (QED) is 0.457. The predicted octanol–water partition coefficient (Wildman–Crippen LogP) is 2.34. The molecule has 0 aliphatic carbocycles. The normalized spacial score (nSPS) is 17.9. The number of nitrogens with zero attached hydrogens (tertiary/aromatic N) is 3. The highest BCUT2D eigenvalue weighted by atomic mass is 32.2. The van der Waals surface area contributed by atoms with Crippen molar-refractivity contribution in [2.45, 2.75) is 42.1 Å². The zero-order valence-electron chi connectivity index (χ0n) is 19.7. The van der Waals surface area contributed by atoms with E-state index in [0.29, 0.717) is 35.5 Å². The topological polar surface area (TPSA) is 115 Å². The van der Waals surface area contributed by atoms with E-state index in [1.54, 1.807) is 48.1 Å². The van der Waals surface area contributed by atoms with Crippen LogP contribution in [0.15, 0.2) is 57.2 Å². The van der Waals surface area contributed by atoms with Gasteiger partial charge < -0.3 is 9.30 Å². The number of benzene rings is 2. The van der Waals surface area contributed by atoms with E-state index in [-0.39, 0.29) is 16.3 Å². The monoisotopic (exact) mass is 537 g/mol. The van der Waals surface area contributed by atoms with Gasteiger partial charge in [-0.15, -0.1) is 0 Å². The molecule has 2 aromatic carbocycles. The Balaban J connectivity index is 1.74. The highest BCUT2D eigenvalue weighted by Gasteiger charge is 2.39. The number of rotatable bonds is 7. The van der Waals surface area contributed by atoms with Gasteiger partial charge in [0.1, 0.15) is 6.04 Å². The molecule has 1 amide bonds. The van der Waals surface area contributed by atoms with Crippen LogP contribution in [0.3, 0.4) is 0 Å². The maximum Gasteiger partial charge on any atom is 0.266 e. The van der Waals surface area contributed by atoms with Crippen LogP contribution in [0, 0.1) is 6.92 Å². The average Bonchev–Trinajstić information content (AvgIpc) is 3.42. The lowest BCUT2D eigenvalue weighted by Gasteiger charge is -2.21. The van der Waals surface area contributed by atoms with Gasteiger partial charge in [0.05, 0.1) is 26.6 Å². The number of sulfone groups is 1. The van der Waals surface area contributed by atoms with Gasteiger partial charge in [-0.1, -0.05) is 29.0 Å². The Morgan fingerprint density at radius 1 is 1.11 bits per heavy atom. The second-order valence-electron chi connectivity index (χ2n) is 8.47. The van der Waals surface area contributed by atoms with Crippen molar-refractivity contribution >= 4 is 47.3 Å². The fourth-order valence-electron chi connectivity index (χ4n) is 4.06. The second-order valence-corrected chi connectivity index (χ2v) is 13.4. The predicted molar refractivity (Wildman–Crippen MR) is 133 cm³/mol. The Hall–Kier alpha value is -2.38. The van der Waals surface area contributed by atoms with E-state index in [1.165, 1.54) is 21.7 Å². The number of carbonyl (C=O) groups excluding carboxylic acids is 1. The summed E-state index contributed by atoms with van der Waals surface area (Å²) in [5.41, 5.74) is 1.67. The highest BCUT2D eigenvalue weighted by Crippen LogP contribution is 2.27. The molecule has 1 fully saturated rings. The van der Waals surface area contributed by atoms with Gasteiger partial charge in [0.2, 0.25) is 10.0 Å². The minimum Gasteiger partial charge on any atom is -0.383 e. The lowest BCUT2D eigenvalue weighted by Crippen LogP contribution is -2.40. The van der Waals surface area contributed by atoms with E-state index in [1.807, 2.05) is 6.92 Å². The lowest BCUT2D eigenvalue weighted by molar-refractivity contribution is -0.121. The molecule has 0 saturated carbocycles. The van der Waals surface area contributed by atoms with Crippen LogP contribution >= 0.6 is 11.3 Å². The van der Waals surface area contributed by atoms with Gasteiger partial charge in [-0.05, 0) is 50.1 Å². The largest absolute Gasteiger partial charge is 0.383 e. The Labute approximate surface area is 208 Å². The summed E-state index contributed by atoms with van der Waals surface area (Å²) in [6.45, 7) is 2.88. The van der Waals surface area contributed by atoms with Gasteiger partial charge in [0.15, 0.2) is 14.6 Å². The summed E-state index contributed by atoms with van der Waals surface area (Å²) in [5.74, 6) is -0.542. The molecular formula is C23H27N3O6S3. The summed E-state index contributed by atoms with van der Waals surface area (Å²) in [7, 11) is -5.69. The van der Waals surface area contributed by atoms with Crippen molar-refractivity contribution in [2.24, 2.45) is 4.99 Å². The molecule has 0 bridgehead atoms. The molecule has 1 saturated heterocycles. The number of hydrogen-bond donors (Lipinski definition) is 0. The molecule has 1 aromatic heterocycles. The third-order valence-corrected chi connectivity index (χ3v) is 10.00. The van der Waals surface area contributed by atoms with Crippen LogP contribution in [0.25, 0.3) is 10.2 Å². The Kier molecular flexibility index (Phi) is 7.30. The fraction of sp³-hybridized carbons (Fsp3) is 0.391. The van der Waals surface area contributed by atoms with Crippen molar-refractivity contribution in [3.8, 4) is 0 Å². The second kappa shape index (κ2) is 9.94. The van der Waals surface area contributed by atoms with E-state index in [0.717, 1.165) is 17.3 Å². The molecule has 35 heavy (non-hydrogen) atoms. The van der Waals surface area contributed by atoms with Crippen LogP contribution in [-0.2, 0) is 35.9 Å². The minimum atomic E-state index is -3.85. The molecule has 188 valence electrons. The highest BCUT2D eigenvalue weighted by molar-refractivity contribution is 7.90. The van der Waals surface area contributed by atoms with Crippen LogP contribution in [-0.4, -0.2) is 64.2 Å². The van der Waals surface area contributed by atoms with Crippen LogP contribution in [0.5, 0.6) is 0 Å². The molecule has 0 spiro atoms. The summed E-state index contributed by atoms with van der Waals surface area (Å²) in [4.78, 5) is 18.3. The number of sulfonamides is 1. The van der Waals surface area contributed by atoms with Gasteiger partial charge in [-0.2, -0.15) is 9.30 Å². The SMILES string of the molecule is COCCn1c(=NC(=O)C2CCCN2S(=O)(=O)c2ccc(C)cc2)sc2cc(S(C)(=O)=O)ccc21. The molecule has 4 rings (SSSR count). The van der Waals surface area contributed by atoms with E-state index in [4.69, 9.17) is 4.74 Å². The number of thiazole rings is 1. The first kappa shape index (κ1) is 25.7. The van der Waals surface area contributed by atoms with Crippen molar-refractivity contribution in [2.75, 3.05) is 26.5 Å². The zero-order valence-corrected chi connectivity index (χ0v) is 22.1. The molecule has 1 unspecified atom stereocenters. The number of aromatic nitrogens is 1. The van der Waals surface area contributed by atoms with Gasteiger partial charge in [0, 0.05) is 26.5 Å². The number of carbonyl (C=O) groups is 1. The standard InChI is InChI=1S/C23H27N3O6S3/c1-16-6-8-17(9-7-16)35(30,31)26-12-4-5-20(26)22(27)24-23-25(13-14-32-2)19-11-10-18(34(3,28)29)15-21(19)33-23/h6-11,15,20H,4-5,12-14H2,1-3H3. The van der Waals surface area contributed by atoms with E-state index < -0.39 is 31.8 Å². The Morgan fingerprint density at radius 3 is 2.46 bits per heavy atom. The van der Waals surface area contributed by atoms with E-state index >= 15 is 0 Å². The summed E-state index contributed by atoms with van der Waals surface area (Å²) in [6.07, 6.45) is 2.08. The van der Waals surface area contributed by atoms with Gasteiger partial charge in [-0.25, -0.2) is 16.8 Å². The maximum atomic E-state index is 13.3. The first-order chi connectivity index (χ1) is 16.5. The molecule has 1 atom stereocenters. The maximum absolute atomic E-state index is 13.3. The van der Waals surface area contributed by atoms with Crippen LogP contribution in [0.4, 0.5) is 0 Å². The number of hydrogen-bond acceptors (Lipinski definition) is 7. The number of ether oxygens (including phenoxy) is 1. The van der Waals surface area contributed by atoms with E-state index in [2.05, 4.69) is 4.99 Å². The molecule has 1 aliphatic heterocycles. The van der Waals surface area contributed by atoms with Gasteiger partial charge >= 0.3 is 0 Å². The number of methoxy groups -OCH3 is 1. The number of fused-ring (bicyclic) bond motifs is 1. The zero-order chi connectivity index (χ0) is 25.4. The summed E-state index contributed by atoms with van der Waals surface area (Å²) < 4.78 is 59.4. The van der Waals surface area contributed by atoms with Gasteiger partial charge in [0.25, 0.3) is 5.91 Å². The third kappa shape index (κ3) is 5.26. The first-order valence-corrected chi connectivity index (χ1v) is 15.2. The Morgan fingerprint density at radius 2 is 1.80 bits per heavy atom. The molecule has 2 heterocycles. The summed E-state index contributed by atoms with van der Waals surface area (Å²) >= 11 is 1.19. The minimum absolute atomic E-state index is 0.146. The fourth-order valence-corrected chi connectivity index (χ4v) is 7.53. The molecule has 0 N–H and O–H groups in total. The van der Waals surface area contributed by atoms with Crippen LogP contribution in [0.1, 0.15) is 18.4 Å². The molecule has 3 aromatic rings. The van der Waals surface area contributed by atoms with E-state index in [9.17, 15) is 21.6 Å². The lowest BCUT2D eigenvalue weighted by atomic mass is 10.2. The molecule has 12 heteroatoms. The average molecular weight is 538 g/mol. The third-order valence-electron chi connectivity index (χ3n) is 5.92. The van der Waals surface area contributed by atoms with Crippen molar-refractivity contribution in [3.05, 3.63) is 52.8 Å².